The molecule has 1 aliphatic heterocycles. The number of aromatic nitrogens is 3. The van der Waals surface area contributed by atoms with Crippen LogP contribution in [0.5, 0.6) is 5.75 Å². The van der Waals surface area contributed by atoms with Crippen molar-refractivity contribution in [2.45, 2.75) is 44.9 Å². The highest BCUT2D eigenvalue weighted by atomic mass is 35.5. The Morgan fingerprint density at radius 3 is 2.51 bits per heavy atom. The van der Waals surface area contributed by atoms with Crippen LogP contribution in [0.25, 0.3) is 5.69 Å². The lowest BCUT2D eigenvalue weighted by atomic mass is 10.00. The van der Waals surface area contributed by atoms with Crippen molar-refractivity contribution in [3.63, 3.8) is 0 Å². The topological polar surface area (TPSA) is 131 Å². The van der Waals surface area contributed by atoms with Crippen LogP contribution in [0.3, 0.4) is 0 Å². The van der Waals surface area contributed by atoms with Crippen molar-refractivity contribution < 1.29 is 19.1 Å². The number of rotatable bonds is 11. The number of ether oxygens (including phenoxy) is 1. The zero-order valence-electron chi connectivity index (χ0n) is 25.8. The van der Waals surface area contributed by atoms with Crippen molar-refractivity contribution in [3.05, 3.63) is 106 Å². The fourth-order valence-corrected chi connectivity index (χ4v) is 6.71. The van der Waals surface area contributed by atoms with Crippen LogP contribution in [0.2, 0.25) is 18.1 Å². The van der Waals surface area contributed by atoms with Crippen LogP contribution >= 0.6 is 11.6 Å². The smallest absolute Gasteiger partial charge is 0.251 e. The Morgan fingerprint density at radius 2 is 1.78 bits per heavy atom. The molecule has 1 aromatic heterocycles. The summed E-state index contributed by atoms with van der Waals surface area (Å²) in [6.07, 6.45) is 0.613. The van der Waals surface area contributed by atoms with Gasteiger partial charge < -0.3 is 20.2 Å². The van der Waals surface area contributed by atoms with E-state index in [0.717, 1.165) is 22.4 Å². The molecule has 5 rings (SSSR count). The molecule has 4 aromatic rings. The second kappa shape index (κ2) is 13.8. The fraction of sp³-hybridized carbons (Fsp3) is 0.303. The molecule has 0 aliphatic carbocycles. The molecule has 2 amide bonds. The van der Waals surface area contributed by atoms with Gasteiger partial charge in [-0.15, -0.1) is 10.2 Å². The lowest BCUT2D eigenvalue weighted by molar-refractivity contribution is -0.121. The Bertz CT molecular complexity index is 1730. The SMILES string of the molecule is COc1ccc2c(c1)C(c1ccc(Cl)cc1)=N[C@@H](CC(=O)NCCCNC(=O)c1cccc(C[Si](C)(C)O)c1)c1nnc(C)n1-2. The van der Waals surface area contributed by atoms with Gasteiger partial charge in [-0.3, -0.25) is 19.1 Å². The molecule has 234 valence electrons. The van der Waals surface area contributed by atoms with Gasteiger partial charge in [-0.05, 0) is 80.5 Å². The second-order valence-electron chi connectivity index (χ2n) is 11.7. The van der Waals surface area contributed by atoms with E-state index in [1.165, 1.54) is 0 Å². The molecular formula is C33H37ClN6O4Si. The van der Waals surface area contributed by atoms with Gasteiger partial charge in [0.1, 0.15) is 17.6 Å². The number of amides is 2. The van der Waals surface area contributed by atoms with Gasteiger partial charge in [0, 0.05) is 34.8 Å². The Kier molecular flexibility index (Phi) is 9.81. The van der Waals surface area contributed by atoms with Gasteiger partial charge in [0.25, 0.3) is 5.91 Å². The predicted molar refractivity (Wildman–Crippen MR) is 177 cm³/mol. The first-order valence-electron chi connectivity index (χ1n) is 14.8. The molecule has 2 heterocycles. The molecule has 0 spiro atoms. The molecule has 12 heteroatoms. The predicted octanol–water partition coefficient (Wildman–Crippen LogP) is 4.74. The van der Waals surface area contributed by atoms with Gasteiger partial charge in [0.05, 0.1) is 24.9 Å². The highest BCUT2D eigenvalue weighted by Crippen LogP contribution is 2.34. The Labute approximate surface area is 268 Å². The lowest BCUT2D eigenvalue weighted by Gasteiger charge is -2.14. The van der Waals surface area contributed by atoms with Crippen LogP contribution < -0.4 is 15.4 Å². The number of halogens is 1. The number of carbonyl (C=O) groups is 2. The Morgan fingerprint density at radius 1 is 1.02 bits per heavy atom. The summed E-state index contributed by atoms with van der Waals surface area (Å²) >= 11 is 6.19. The Hall–Kier alpha value is -4.32. The van der Waals surface area contributed by atoms with Crippen LogP contribution in [0.1, 0.15) is 57.6 Å². The number of fused-ring (bicyclic) bond motifs is 3. The fourth-order valence-electron chi connectivity index (χ4n) is 5.37. The van der Waals surface area contributed by atoms with Crippen molar-refractivity contribution in [2.75, 3.05) is 20.2 Å². The molecule has 1 aliphatic rings. The number of nitrogens with one attached hydrogen (secondary N) is 2. The number of carbonyl (C=O) groups excluding carboxylic acids is 2. The van der Waals surface area contributed by atoms with Crippen molar-refractivity contribution in [2.24, 2.45) is 4.99 Å². The highest BCUT2D eigenvalue weighted by Gasteiger charge is 2.30. The molecule has 45 heavy (non-hydrogen) atoms. The lowest BCUT2D eigenvalue weighted by Crippen LogP contribution is -2.31. The second-order valence-corrected chi connectivity index (χ2v) is 16.1. The van der Waals surface area contributed by atoms with Crippen LogP contribution in [0.15, 0.2) is 71.7 Å². The molecule has 10 nitrogen and oxygen atoms in total. The van der Waals surface area contributed by atoms with Crippen molar-refractivity contribution in [1.29, 1.82) is 0 Å². The maximum atomic E-state index is 13.2. The maximum absolute atomic E-state index is 13.2. The number of hydrogen-bond acceptors (Lipinski definition) is 7. The average Bonchev–Trinajstić information content (AvgIpc) is 3.33. The number of aliphatic imine (C=N–C) groups is 1. The third kappa shape index (κ3) is 7.86. The van der Waals surface area contributed by atoms with Gasteiger partial charge in [-0.1, -0.05) is 35.9 Å². The number of aryl methyl sites for hydroxylation is 1. The summed E-state index contributed by atoms with van der Waals surface area (Å²) in [7, 11) is -0.667. The number of benzene rings is 3. The van der Waals surface area contributed by atoms with Crippen LogP contribution in [-0.4, -0.2) is 65.6 Å². The molecule has 3 N–H and O–H groups in total. The molecule has 0 bridgehead atoms. The number of hydrogen-bond donors (Lipinski definition) is 3. The summed E-state index contributed by atoms with van der Waals surface area (Å²) in [5.41, 5.74) is 4.71. The standard InChI is InChI=1S/C33H37ClN6O4Si/c1-21-38-39-32-28(19-30(41)35-15-6-16-36-33(42)24-8-5-7-22(17-24)20-45(3,4)43)37-31(23-9-11-25(34)12-10-23)27-18-26(44-2)13-14-29(27)40(21)32/h5,7-14,17-18,28,43H,6,15-16,19-20H2,1-4H3,(H,35,41)(H,36,42)/t28-/m0/s1. The van der Waals surface area contributed by atoms with Crippen LogP contribution in [0.4, 0.5) is 0 Å². The van der Waals surface area contributed by atoms with E-state index < -0.39 is 14.4 Å². The average molecular weight is 645 g/mol. The molecule has 1 atom stereocenters. The Balaban J connectivity index is 1.26. The molecule has 0 fully saturated rings. The normalized spacial score (nSPS) is 14.1. The highest BCUT2D eigenvalue weighted by molar-refractivity contribution is 6.69. The molecule has 0 unspecified atom stereocenters. The number of nitrogens with zero attached hydrogens (tertiary/aromatic N) is 4. The van der Waals surface area contributed by atoms with Crippen LogP contribution in [-0.2, 0) is 10.8 Å². The summed E-state index contributed by atoms with van der Waals surface area (Å²) in [6, 6.07) is 20.5. The van der Waals surface area contributed by atoms with Crippen LogP contribution in [0, 0.1) is 6.92 Å². The first-order chi connectivity index (χ1) is 21.5. The van der Waals surface area contributed by atoms with E-state index in [-0.39, 0.29) is 18.2 Å². The monoisotopic (exact) mass is 644 g/mol. The third-order valence-electron chi connectivity index (χ3n) is 7.42. The largest absolute Gasteiger partial charge is 0.497 e. The third-order valence-corrected chi connectivity index (χ3v) is 8.94. The van der Waals surface area contributed by atoms with E-state index in [2.05, 4.69) is 20.8 Å². The maximum Gasteiger partial charge on any atom is 0.251 e. The van der Waals surface area contributed by atoms with Gasteiger partial charge >= 0.3 is 0 Å². The molecule has 0 saturated heterocycles. The van der Waals surface area contributed by atoms with E-state index in [1.54, 1.807) is 13.2 Å². The van der Waals surface area contributed by atoms with E-state index >= 15 is 0 Å². The minimum absolute atomic E-state index is 0.0595. The summed E-state index contributed by atoms with van der Waals surface area (Å²) in [5, 5.41) is 15.2. The van der Waals surface area contributed by atoms with Gasteiger partial charge in [0.15, 0.2) is 14.1 Å². The summed E-state index contributed by atoms with van der Waals surface area (Å²) in [4.78, 5) is 41.2. The van der Waals surface area contributed by atoms with Crippen molar-refractivity contribution in [1.82, 2.24) is 25.4 Å². The minimum atomic E-state index is -2.28. The zero-order chi connectivity index (χ0) is 32.1. The van der Waals surface area contributed by atoms with Gasteiger partial charge in [-0.25, -0.2) is 0 Å². The zero-order valence-corrected chi connectivity index (χ0v) is 27.6. The minimum Gasteiger partial charge on any atom is -0.497 e. The molecular weight excluding hydrogens is 608 g/mol. The summed E-state index contributed by atoms with van der Waals surface area (Å²) in [6.45, 7) is 6.40. The molecule has 0 radical (unpaired) electrons. The van der Waals surface area contributed by atoms with E-state index in [1.807, 2.05) is 85.2 Å². The first-order valence-corrected chi connectivity index (χ1v) is 18.4. The van der Waals surface area contributed by atoms with Crippen molar-refractivity contribution in [3.8, 4) is 11.4 Å². The van der Waals surface area contributed by atoms with E-state index in [9.17, 15) is 14.4 Å². The summed E-state index contributed by atoms with van der Waals surface area (Å²) in [5.74, 6) is 1.55. The first kappa shape index (κ1) is 32.1. The van der Waals surface area contributed by atoms with Crippen molar-refractivity contribution >= 4 is 37.4 Å². The quantitative estimate of drug-likeness (QED) is 0.160. The van der Waals surface area contributed by atoms with E-state index in [0.29, 0.717) is 59.3 Å². The number of methoxy groups -OCH3 is 1. The summed E-state index contributed by atoms with van der Waals surface area (Å²) < 4.78 is 7.47. The van der Waals surface area contributed by atoms with E-state index in [4.69, 9.17) is 21.3 Å². The van der Waals surface area contributed by atoms with Gasteiger partial charge in [0.2, 0.25) is 5.91 Å². The van der Waals surface area contributed by atoms with Gasteiger partial charge in [-0.2, -0.15) is 0 Å². The molecule has 3 aromatic carbocycles. The molecule has 0 saturated carbocycles.